The van der Waals surface area contributed by atoms with Gasteiger partial charge >= 0.3 is 0 Å². The number of nitrogens with zero attached hydrogens (tertiary/aromatic N) is 2. The highest BCUT2D eigenvalue weighted by Crippen LogP contribution is 2.43. The second-order valence-electron chi connectivity index (χ2n) is 7.29. The molecule has 4 rings (SSSR count). The summed E-state index contributed by atoms with van der Waals surface area (Å²) in [7, 11) is 1.67. The number of hydrogen-bond acceptors (Lipinski definition) is 4. The van der Waals surface area contributed by atoms with Gasteiger partial charge in [0.05, 0.1) is 13.2 Å². The summed E-state index contributed by atoms with van der Waals surface area (Å²) < 4.78 is 5.29. The minimum Gasteiger partial charge on any atom is -0.497 e. The van der Waals surface area contributed by atoms with Crippen LogP contribution in [0.4, 0.5) is 0 Å². The Morgan fingerprint density at radius 3 is 2.73 bits per heavy atom. The van der Waals surface area contributed by atoms with Crippen molar-refractivity contribution in [2.75, 3.05) is 26.7 Å². The van der Waals surface area contributed by atoms with Crippen LogP contribution in [0.1, 0.15) is 40.3 Å². The number of aryl methyl sites for hydroxylation is 1. The van der Waals surface area contributed by atoms with E-state index in [1.165, 1.54) is 5.56 Å². The smallest absolute Gasteiger partial charge is 0.275 e. The van der Waals surface area contributed by atoms with Crippen LogP contribution in [0, 0.1) is 18.8 Å². The third-order valence-corrected chi connectivity index (χ3v) is 5.95. The molecule has 2 fully saturated rings. The largest absolute Gasteiger partial charge is 0.497 e. The van der Waals surface area contributed by atoms with E-state index in [1.807, 2.05) is 24.0 Å². The minimum absolute atomic E-state index is 0.0358. The van der Waals surface area contributed by atoms with Crippen LogP contribution in [-0.4, -0.2) is 47.7 Å². The molecule has 3 heterocycles. The molecule has 1 aromatic carbocycles. The second kappa shape index (κ2) is 6.76. The zero-order valence-corrected chi connectivity index (χ0v) is 15.6. The molecule has 3 atom stereocenters. The molecule has 138 valence electrons. The van der Waals surface area contributed by atoms with Crippen molar-refractivity contribution in [3.63, 3.8) is 0 Å². The molecule has 0 unspecified atom stereocenters. The molecule has 6 heteroatoms. The first-order valence-corrected chi connectivity index (χ1v) is 9.33. The van der Waals surface area contributed by atoms with Crippen molar-refractivity contribution in [1.29, 1.82) is 0 Å². The van der Waals surface area contributed by atoms with Crippen molar-refractivity contribution >= 4 is 5.91 Å². The number of methoxy groups -OCH3 is 1. The monoisotopic (exact) mass is 354 g/mol. The molecule has 2 aliphatic heterocycles. The van der Waals surface area contributed by atoms with Gasteiger partial charge in [-0.15, -0.1) is 0 Å². The number of rotatable bonds is 4. The minimum atomic E-state index is 0.0358. The maximum Gasteiger partial charge on any atom is 0.275 e. The van der Waals surface area contributed by atoms with Crippen LogP contribution in [0.25, 0.3) is 0 Å². The number of H-pyrrole nitrogens is 1. The van der Waals surface area contributed by atoms with Crippen LogP contribution in [0.15, 0.2) is 24.3 Å². The third-order valence-electron chi connectivity index (χ3n) is 5.95. The quantitative estimate of drug-likeness (QED) is 0.884. The highest BCUT2D eigenvalue weighted by molar-refractivity contribution is 5.94. The number of carbonyl (C=O) groups is 1. The van der Waals surface area contributed by atoms with E-state index in [0.717, 1.165) is 43.1 Å². The van der Waals surface area contributed by atoms with Gasteiger partial charge in [0.15, 0.2) is 5.69 Å². The lowest BCUT2D eigenvalue weighted by Crippen LogP contribution is -2.35. The maximum atomic E-state index is 13.3. The highest BCUT2D eigenvalue weighted by Gasteiger charge is 2.47. The first-order valence-electron chi connectivity index (χ1n) is 9.33. The summed E-state index contributed by atoms with van der Waals surface area (Å²) >= 11 is 0. The Balaban J connectivity index is 1.68. The van der Waals surface area contributed by atoms with E-state index in [1.54, 1.807) is 7.11 Å². The average molecular weight is 354 g/mol. The van der Waals surface area contributed by atoms with E-state index in [0.29, 0.717) is 17.5 Å². The van der Waals surface area contributed by atoms with Gasteiger partial charge in [-0.25, -0.2) is 0 Å². The van der Waals surface area contributed by atoms with Crippen molar-refractivity contribution in [3.8, 4) is 5.75 Å². The Morgan fingerprint density at radius 2 is 2.08 bits per heavy atom. The molecule has 2 saturated heterocycles. The van der Waals surface area contributed by atoms with Crippen LogP contribution in [0.5, 0.6) is 5.75 Å². The van der Waals surface area contributed by atoms with Crippen LogP contribution in [-0.2, 0) is 6.42 Å². The molecule has 0 saturated carbocycles. The summed E-state index contributed by atoms with van der Waals surface area (Å²) in [6, 6.07) is 8.19. The first kappa shape index (κ1) is 17.1. The van der Waals surface area contributed by atoms with Crippen LogP contribution in [0.3, 0.4) is 0 Å². The number of carbonyl (C=O) groups excluding carboxylic acids is 1. The number of hydrogen-bond donors (Lipinski definition) is 2. The van der Waals surface area contributed by atoms with Gasteiger partial charge in [-0.3, -0.25) is 9.89 Å². The zero-order valence-electron chi connectivity index (χ0n) is 15.6. The summed E-state index contributed by atoms with van der Waals surface area (Å²) in [6.45, 7) is 6.75. The van der Waals surface area contributed by atoms with E-state index in [2.05, 4.69) is 34.6 Å². The van der Waals surface area contributed by atoms with Gasteiger partial charge in [-0.2, -0.15) is 5.10 Å². The predicted molar refractivity (Wildman–Crippen MR) is 99.3 cm³/mol. The molecule has 0 bridgehead atoms. The van der Waals surface area contributed by atoms with E-state index in [9.17, 15) is 4.79 Å². The normalized spacial score (nSPS) is 24.7. The molecule has 0 spiro atoms. The molecule has 1 amide bonds. The van der Waals surface area contributed by atoms with Crippen molar-refractivity contribution in [3.05, 3.63) is 46.8 Å². The third kappa shape index (κ3) is 2.69. The SMILES string of the molecule is CCc1[nH]nc(C(=O)N2C[C@@H]3CNC[C@@H]3[C@@H]2c2ccc(OC)cc2)c1C. The molecule has 26 heavy (non-hydrogen) atoms. The maximum absolute atomic E-state index is 13.3. The molecule has 1 aromatic heterocycles. The molecular weight excluding hydrogens is 328 g/mol. The van der Waals surface area contributed by atoms with E-state index < -0.39 is 0 Å². The number of amides is 1. The van der Waals surface area contributed by atoms with Gasteiger partial charge in [-0.1, -0.05) is 19.1 Å². The standard InChI is InChI=1S/C20H26N4O2/c1-4-17-12(2)18(23-22-17)20(25)24-11-14-9-21-10-16(14)19(24)13-5-7-15(26-3)8-6-13/h5-8,14,16,19,21H,4,9-11H2,1-3H3,(H,22,23)/t14-,16-,19-/m0/s1. The Hall–Kier alpha value is -2.34. The lowest BCUT2D eigenvalue weighted by Gasteiger charge is -2.28. The number of benzene rings is 1. The summed E-state index contributed by atoms with van der Waals surface area (Å²) in [4.78, 5) is 15.4. The van der Waals surface area contributed by atoms with Gasteiger partial charge in [0.1, 0.15) is 5.75 Å². The number of ether oxygens (including phenoxy) is 1. The predicted octanol–water partition coefficient (Wildman–Crippen LogP) is 2.32. The van der Waals surface area contributed by atoms with Gasteiger partial charge in [0.25, 0.3) is 5.91 Å². The van der Waals surface area contributed by atoms with Gasteiger partial charge in [0.2, 0.25) is 0 Å². The number of aromatic nitrogens is 2. The van der Waals surface area contributed by atoms with E-state index in [-0.39, 0.29) is 11.9 Å². The molecule has 2 aliphatic rings. The number of aromatic amines is 1. The Bertz CT molecular complexity index is 799. The summed E-state index contributed by atoms with van der Waals surface area (Å²) in [6.07, 6.45) is 0.850. The first-order chi connectivity index (χ1) is 12.6. The Labute approximate surface area is 153 Å². The summed E-state index contributed by atoms with van der Waals surface area (Å²) in [5, 5.41) is 10.8. The number of fused-ring (bicyclic) bond motifs is 1. The lowest BCUT2D eigenvalue weighted by molar-refractivity contribution is 0.0707. The molecule has 0 aliphatic carbocycles. The molecule has 2 N–H and O–H groups in total. The van der Waals surface area contributed by atoms with Crippen LogP contribution in [0.2, 0.25) is 0 Å². The van der Waals surface area contributed by atoms with Gasteiger partial charge in [0, 0.05) is 36.8 Å². The molecular formula is C20H26N4O2. The second-order valence-corrected chi connectivity index (χ2v) is 7.29. The van der Waals surface area contributed by atoms with Gasteiger partial charge < -0.3 is 15.0 Å². The summed E-state index contributed by atoms with van der Waals surface area (Å²) in [5.74, 6) is 1.81. The van der Waals surface area contributed by atoms with Crippen molar-refractivity contribution < 1.29 is 9.53 Å². The highest BCUT2D eigenvalue weighted by atomic mass is 16.5. The van der Waals surface area contributed by atoms with Gasteiger partial charge in [-0.05, 0) is 37.0 Å². The van der Waals surface area contributed by atoms with Crippen LogP contribution < -0.4 is 10.1 Å². The Kier molecular flexibility index (Phi) is 4.44. The molecule has 2 aromatic rings. The zero-order chi connectivity index (χ0) is 18.3. The molecule has 6 nitrogen and oxygen atoms in total. The fraction of sp³-hybridized carbons (Fsp3) is 0.500. The fourth-order valence-corrected chi connectivity index (χ4v) is 4.48. The average Bonchev–Trinajstić information content (AvgIpc) is 3.35. The Morgan fingerprint density at radius 1 is 1.31 bits per heavy atom. The van der Waals surface area contributed by atoms with E-state index >= 15 is 0 Å². The lowest BCUT2D eigenvalue weighted by atomic mass is 9.89. The van der Waals surface area contributed by atoms with E-state index in [4.69, 9.17) is 4.74 Å². The topological polar surface area (TPSA) is 70.2 Å². The van der Waals surface area contributed by atoms with Crippen LogP contribution >= 0.6 is 0 Å². The number of nitrogens with one attached hydrogen (secondary N) is 2. The molecule has 0 radical (unpaired) electrons. The van der Waals surface area contributed by atoms with Crippen molar-refractivity contribution in [2.24, 2.45) is 11.8 Å². The fourth-order valence-electron chi connectivity index (χ4n) is 4.48. The van der Waals surface area contributed by atoms with Crippen molar-refractivity contribution in [2.45, 2.75) is 26.3 Å². The summed E-state index contributed by atoms with van der Waals surface area (Å²) in [5.41, 5.74) is 3.74. The number of likely N-dealkylation sites (tertiary alicyclic amines) is 1. The van der Waals surface area contributed by atoms with Crippen molar-refractivity contribution in [1.82, 2.24) is 20.4 Å².